The van der Waals surface area contributed by atoms with Gasteiger partial charge in [-0.2, -0.15) is 0 Å². The van der Waals surface area contributed by atoms with Crippen LogP contribution in [0.3, 0.4) is 0 Å². The van der Waals surface area contributed by atoms with Gasteiger partial charge in [0.05, 0.1) is 24.8 Å². The Hall–Kier alpha value is -1.03. The van der Waals surface area contributed by atoms with Crippen molar-refractivity contribution in [1.82, 2.24) is 5.32 Å². The smallest absolute Gasteiger partial charge is 0.250 e. The summed E-state index contributed by atoms with van der Waals surface area (Å²) in [5.41, 5.74) is 0.716. The maximum absolute atomic E-state index is 11.8. The number of ether oxygens (including phenoxy) is 1. The Morgan fingerprint density at radius 3 is 2.93 bits per heavy atom. The first kappa shape index (κ1) is 12.0. The normalized spacial score (nSPS) is 18.3. The van der Waals surface area contributed by atoms with Crippen molar-refractivity contribution in [1.29, 1.82) is 0 Å². The third-order valence-corrected chi connectivity index (χ3v) is 2.64. The third-order valence-electron chi connectivity index (χ3n) is 2.64. The molecule has 1 aliphatic heterocycles. The Bertz CT molecular complexity index is 257. The molecule has 4 heteroatoms. The van der Waals surface area contributed by atoms with Crippen LogP contribution in [0.4, 0.5) is 0 Å². The summed E-state index contributed by atoms with van der Waals surface area (Å²) < 4.78 is 5.32. The van der Waals surface area contributed by atoms with E-state index < -0.39 is 0 Å². The molecule has 0 spiro atoms. The molecule has 0 aromatic rings. The van der Waals surface area contributed by atoms with Crippen LogP contribution in [0.1, 0.15) is 33.1 Å². The molecule has 0 aliphatic carbocycles. The van der Waals surface area contributed by atoms with Crippen LogP contribution in [0, 0.1) is 0 Å². The minimum Gasteiger partial charge on any atom is -0.498 e. The minimum absolute atomic E-state index is 0.0184. The minimum atomic E-state index is -0.153. The lowest BCUT2D eigenvalue weighted by molar-refractivity contribution is -0.119. The molecule has 0 aromatic carbocycles. The fourth-order valence-electron chi connectivity index (χ4n) is 1.56. The number of rotatable bonds is 4. The molecular weight excluding hydrogens is 194 g/mol. The Balaban J connectivity index is 2.59. The maximum Gasteiger partial charge on any atom is 0.250 e. The summed E-state index contributed by atoms with van der Waals surface area (Å²) in [5.74, 6) is 0.611. The van der Waals surface area contributed by atoms with Crippen LogP contribution >= 0.6 is 0 Å². The van der Waals surface area contributed by atoms with Crippen molar-refractivity contribution in [2.45, 2.75) is 39.2 Å². The molecule has 0 aromatic heterocycles. The number of hydrogen-bond donors (Lipinski definition) is 2. The number of allylic oxidation sites excluding steroid dienone is 1. The van der Waals surface area contributed by atoms with Crippen LogP contribution in [0.15, 0.2) is 11.3 Å². The molecule has 0 bridgehead atoms. The summed E-state index contributed by atoms with van der Waals surface area (Å²) >= 11 is 0. The molecule has 0 radical (unpaired) electrons. The van der Waals surface area contributed by atoms with E-state index in [1.54, 1.807) is 0 Å². The van der Waals surface area contributed by atoms with E-state index in [-0.39, 0.29) is 18.6 Å². The molecule has 1 aliphatic rings. The third kappa shape index (κ3) is 3.23. The van der Waals surface area contributed by atoms with E-state index in [2.05, 4.69) is 5.32 Å². The van der Waals surface area contributed by atoms with Crippen molar-refractivity contribution < 1.29 is 14.6 Å². The second kappa shape index (κ2) is 5.75. The second-order valence-corrected chi connectivity index (χ2v) is 3.75. The Morgan fingerprint density at radius 1 is 1.67 bits per heavy atom. The molecule has 2 N–H and O–H groups in total. The average molecular weight is 213 g/mol. The zero-order valence-corrected chi connectivity index (χ0v) is 9.38. The molecule has 0 fully saturated rings. The zero-order valence-electron chi connectivity index (χ0n) is 9.38. The van der Waals surface area contributed by atoms with Gasteiger partial charge in [0.15, 0.2) is 0 Å². The highest BCUT2D eigenvalue weighted by Crippen LogP contribution is 2.18. The van der Waals surface area contributed by atoms with Crippen molar-refractivity contribution in [2.24, 2.45) is 0 Å². The van der Waals surface area contributed by atoms with Crippen molar-refractivity contribution in [3.63, 3.8) is 0 Å². The van der Waals surface area contributed by atoms with Crippen molar-refractivity contribution in [2.75, 3.05) is 13.2 Å². The van der Waals surface area contributed by atoms with Crippen molar-refractivity contribution in [3.8, 4) is 0 Å². The fraction of sp³-hybridized carbons (Fsp3) is 0.727. The molecule has 1 atom stereocenters. The molecule has 86 valence electrons. The molecule has 1 unspecified atom stereocenters. The molecule has 0 saturated carbocycles. The highest BCUT2D eigenvalue weighted by Gasteiger charge is 2.19. The van der Waals surface area contributed by atoms with Crippen LogP contribution in [0.25, 0.3) is 0 Å². The molecule has 1 heterocycles. The topological polar surface area (TPSA) is 58.6 Å². The van der Waals surface area contributed by atoms with Gasteiger partial charge in [-0.3, -0.25) is 4.79 Å². The monoisotopic (exact) mass is 213 g/mol. The molecular formula is C11H19NO3. The Labute approximate surface area is 90.3 Å². The summed E-state index contributed by atoms with van der Waals surface area (Å²) in [7, 11) is 0. The van der Waals surface area contributed by atoms with Crippen LogP contribution in [-0.2, 0) is 9.53 Å². The van der Waals surface area contributed by atoms with Gasteiger partial charge in [0.1, 0.15) is 5.76 Å². The number of carbonyl (C=O) groups is 1. The maximum atomic E-state index is 11.8. The van der Waals surface area contributed by atoms with E-state index >= 15 is 0 Å². The second-order valence-electron chi connectivity index (χ2n) is 3.75. The summed E-state index contributed by atoms with van der Waals surface area (Å²) in [5, 5.41) is 11.8. The Morgan fingerprint density at radius 2 is 2.40 bits per heavy atom. The predicted molar refractivity (Wildman–Crippen MR) is 57.2 cm³/mol. The van der Waals surface area contributed by atoms with E-state index in [9.17, 15) is 4.79 Å². The lowest BCUT2D eigenvalue weighted by atomic mass is 10.1. The van der Waals surface area contributed by atoms with E-state index in [4.69, 9.17) is 9.84 Å². The van der Waals surface area contributed by atoms with Gasteiger partial charge in [0, 0.05) is 0 Å². The standard InChI is InChI=1S/C11H19NO3/c1-3-9(7-13)12-11(14)10-5-4-6-15-8(10)2/h9,13H,3-7H2,1-2H3,(H,12,14). The molecule has 1 rings (SSSR count). The molecule has 4 nitrogen and oxygen atoms in total. The van der Waals surface area contributed by atoms with Gasteiger partial charge in [-0.15, -0.1) is 0 Å². The van der Waals surface area contributed by atoms with Gasteiger partial charge in [-0.25, -0.2) is 0 Å². The number of amides is 1. The number of carbonyl (C=O) groups excluding carboxylic acids is 1. The van der Waals surface area contributed by atoms with Gasteiger partial charge in [-0.1, -0.05) is 6.92 Å². The number of hydrogen-bond acceptors (Lipinski definition) is 3. The van der Waals surface area contributed by atoms with Crippen LogP contribution < -0.4 is 5.32 Å². The van der Waals surface area contributed by atoms with E-state index in [0.717, 1.165) is 19.3 Å². The molecule has 0 saturated heterocycles. The number of aliphatic hydroxyl groups is 1. The van der Waals surface area contributed by atoms with Gasteiger partial charge >= 0.3 is 0 Å². The first-order valence-corrected chi connectivity index (χ1v) is 5.43. The largest absolute Gasteiger partial charge is 0.498 e. The number of nitrogens with one attached hydrogen (secondary N) is 1. The van der Waals surface area contributed by atoms with Crippen molar-refractivity contribution >= 4 is 5.91 Å². The van der Waals surface area contributed by atoms with Crippen molar-refractivity contribution in [3.05, 3.63) is 11.3 Å². The van der Waals surface area contributed by atoms with E-state index in [1.807, 2.05) is 13.8 Å². The quantitative estimate of drug-likeness (QED) is 0.731. The zero-order chi connectivity index (χ0) is 11.3. The predicted octanol–water partition coefficient (Wildman–Crippen LogP) is 0.958. The number of aliphatic hydroxyl groups excluding tert-OH is 1. The summed E-state index contributed by atoms with van der Waals surface area (Å²) in [6, 6.07) is -0.153. The van der Waals surface area contributed by atoms with Crippen LogP contribution in [0.2, 0.25) is 0 Å². The van der Waals surface area contributed by atoms with Gasteiger partial charge < -0.3 is 15.2 Å². The van der Waals surface area contributed by atoms with Gasteiger partial charge in [-0.05, 0) is 26.2 Å². The molecule has 15 heavy (non-hydrogen) atoms. The molecule has 1 amide bonds. The SMILES string of the molecule is CCC(CO)NC(=O)C1=C(C)OCCC1. The first-order chi connectivity index (χ1) is 7.19. The van der Waals surface area contributed by atoms with E-state index in [1.165, 1.54) is 0 Å². The van der Waals surface area contributed by atoms with Gasteiger partial charge in [0.2, 0.25) is 0 Å². The van der Waals surface area contributed by atoms with Crippen LogP contribution in [0.5, 0.6) is 0 Å². The highest BCUT2D eigenvalue weighted by atomic mass is 16.5. The lowest BCUT2D eigenvalue weighted by Crippen LogP contribution is -2.38. The average Bonchev–Trinajstić information content (AvgIpc) is 2.26. The summed E-state index contributed by atoms with van der Waals surface area (Å²) in [6.45, 7) is 4.42. The van der Waals surface area contributed by atoms with Gasteiger partial charge in [0.25, 0.3) is 5.91 Å². The van der Waals surface area contributed by atoms with E-state index in [0.29, 0.717) is 17.9 Å². The first-order valence-electron chi connectivity index (χ1n) is 5.43. The lowest BCUT2D eigenvalue weighted by Gasteiger charge is -2.20. The Kier molecular flexibility index (Phi) is 4.62. The summed E-state index contributed by atoms with van der Waals surface area (Å²) in [4.78, 5) is 11.8. The highest BCUT2D eigenvalue weighted by molar-refractivity contribution is 5.94. The fourth-order valence-corrected chi connectivity index (χ4v) is 1.56. The van der Waals surface area contributed by atoms with Crippen LogP contribution in [-0.4, -0.2) is 30.3 Å². The summed E-state index contributed by atoms with van der Waals surface area (Å²) in [6.07, 6.45) is 2.38.